The van der Waals surface area contributed by atoms with Crippen LogP contribution in [0.2, 0.25) is 0 Å². The van der Waals surface area contributed by atoms with Crippen molar-refractivity contribution in [2.24, 2.45) is 0 Å². The highest BCUT2D eigenvalue weighted by atomic mass is 15.0. The molecule has 24 heavy (non-hydrogen) atoms. The highest BCUT2D eigenvalue weighted by Gasteiger charge is 2.11. The van der Waals surface area contributed by atoms with Crippen LogP contribution in [0.15, 0.2) is 66.7 Å². The van der Waals surface area contributed by atoms with Gasteiger partial charge in [-0.3, -0.25) is 0 Å². The third-order valence-electron chi connectivity index (χ3n) is 4.75. The summed E-state index contributed by atoms with van der Waals surface area (Å²) in [5.74, 6) is 0.923. The Morgan fingerprint density at radius 1 is 0.875 bits per heavy atom. The molecule has 0 aliphatic carbocycles. The van der Waals surface area contributed by atoms with Crippen molar-refractivity contribution in [1.82, 2.24) is 14.5 Å². The van der Waals surface area contributed by atoms with Gasteiger partial charge in [0.1, 0.15) is 5.82 Å². The molecule has 2 heterocycles. The molecule has 1 N–H and O–H groups in total. The third-order valence-corrected chi connectivity index (χ3v) is 4.75. The fourth-order valence-electron chi connectivity index (χ4n) is 3.63. The van der Waals surface area contributed by atoms with E-state index in [0.29, 0.717) is 0 Å². The molecule has 0 unspecified atom stereocenters. The zero-order valence-corrected chi connectivity index (χ0v) is 13.5. The molecule has 3 nitrogen and oxygen atoms in total. The second kappa shape index (κ2) is 4.96. The van der Waals surface area contributed by atoms with Crippen molar-refractivity contribution in [1.29, 1.82) is 0 Å². The van der Waals surface area contributed by atoms with E-state index >= 15 is 0 Å². The lowest BCUT2D eigenvalue weighted by Gasteiger charge is -2.03. The zero-order chi connectivity index (χ0) is 16.1. The lowest BCUT2D eigenvalue weighted by Crippen LogP contribution is -1.92. The predicted octanol–water partition coefficient (Wildman–Crippen LogP) is 5.36. The summed E-state index contributed by atoms with van der Waals surface area (Å²) in [6.07, 6.45) is 0. The number of aryl methyl sites for hydroxylation is 1. The van der Waals surface area contributed by atoms with Gasteiger partial charge in [0.15, 0.2) is 0 Å². The lowest BCUT2D eigenvalue weighted by atomic mass is 10.1. The topological polar surface area (TPSA) is 33.6 Å². The zero-order valence-electron chi connectivity index (χ0n) is 13.5. The van der Waals surface area contributed by atoms with Gasteiger partial charge in [0, 0.05) is 33.9 Å². The quantitative estimate of drug-likeness (QED) is 0.468. The summed E-state index contributed by atoms with van der Waals surface area (Å²) in [4.78, 5) is 8.16. The second-order valence-corrected chi connectivity index (χ2v) is 6.10. The Hall–Kier alpha value is -3.07. The Morgan fingerprint density at radius 3 is 2.54 bits per heavy atom. The predicted molar refractivity (Wildman–Crippen MR) is 100 cm³/mol. The average Bonchev–Trinajstić information content (AvgIpc) is 3.20. The Labute approximate surface area is 139 Å². The maximum Gasteiger partial charge on any atom is 0.138 e. The molecular formula is C21H17N3. The first-order valence-electron chi connectivity index (χ1n) is 8.31. The van der Waals surface area contributed by atoms with Gasteiger partial charge in [-0.2, -0.15) is 0 Å². The molecule has 0 saturated heterocycles. The van der Waals surface area contributed by atoms with Gasteiger partial charge in [-0.25, -0.2) is 4.98 Å². The first-order chi connectivity index (χ1) is 11.8. The molecule has 0 atom stereocenters. The van der Waals surface area contributed by atoms with E-state index < -0.39 is 0 Å². The summed E-state index contributed by atoms with van der Waals surface area (Å²) in [5.41, 5.74) is 5.76. The number of para-hydroxylation sites is 3. The van der Waals surface area contributed by atoms with Crippen molar-refractivity contribution in [2.75, 3.05) is 0 Å². The van der Waals surface area contributed by atoms with Crippen molar-refractivity contribution in [3.05, 3.63) is 66.7 Å². The first-order valence-corrected chi connectivity index (χ1v) is 8.31. The van der Waals surface area contributed by atoms with Crippen LogP contribution in [0.5, 0.6) is 0 Å². The molecule has 0 radical (unpaired) electrons. The monoisotopic (exact) mass is 311 g/mol. The molecule has 5 rings (SSSR count). The molecule has 0 aliphatic heterocycles. The van der Waals surface area contributed by atoms with Crippen molar-refractivity contribution in [2.45, 2.75) is 13.5 Å². The molecular weight excluding hydrogens is 294 g/mol. The number of nitrogens with one attached hydrogen (secondary N) is 1. The summed E-state index contributed by atoms with van der Waals surface area (Å²) >= 11 is 0. The fourth-order valence-corrected chi connectivity index (χ4v) is 3.63. The summed E-state index contributed by atoms with van der Waals surface area (Å²) in [6.45, 7) is 3.16. The van der Waals surface area contributed by atoms with Gasteiger partial charge >= 0.3 is 0 Å². The first kappa shape index (κ1) is 13.4. The molecule has 2 aromatic heterocycles. The summed E-state index contributed by atoms with van der Waals surface area (Å²) in [6, 6.07) is 23.4. The molecule has 0 spiro atoms. The highest BCUT2D eigenvalue weighted by molar-refractivity contribution is 6.09. The SMILES string of the molecule is CCn1c2ccccc2c2cc(-c3nc4ccccc4[nH]3)ccc21. The van der Waals surface area contributed by atoms with Crippen molar-refractivity contribution in [3.8, 4) is 11.4 Å². The number of fused-ring (bicyclic) bond motifs is 4. The molecule has 0 saturated carbocycles. The minimum absolute atomic E-state index is 0.923. The van der Waals surface area contributed by atoms with Crippen LogP contribution >= 0.6 is 0 Å². The smallest absolute Gasteiger partial charge is 0.138 e. The second-order valence-electron chi connectivity index (χ2n) is 6.10. The van der Waals surface area contributed by atoms with Crippen LogP contribution in [0.3, 0.4) is 0 Å². The van der Waals surface area contributed by atoms with Crippen LogP contribution in [-0.4, -0.2) is 14.5 Å². The van der Waals surface area contributed by atoms with Crippen LogP contribution in [0.4, 0.5) is 0 Å². The van der Waals surface area contributed by atoms with E-state index in [1.54, 1.807) is 0 Å². The Kier molecular flexibility index (Phi) is 2.77. The molecule has 5 aromatic rings. The maximum absolute atomic E-state index is 4.73. The number of hydrogen-bond acceptors (Lipinski definition) is 1. The number of aromatic amines is 1. The van der Waals surface area contributed by atoms with Gasteiger partial charge in [0.05, 0.1) is 11.0 Å². The maximum atomic E-state index is 4.73. The number of benzene rings is 3. The normalized spacial score (nSPS) is 11.7. The number of hydrogen-bond donors (Lipinski definition) is 1. The van der Waals surface area contributed by atoms with E-state index in [1.165, 1.54) is 21.8 Å². The molecule has 0 aliphatic rings. The Morgan fingerprint density at radius 2 is 1.67 bits per heavy atom. The van der Waals surface area contributed by atoms with Gasteiger partial charge in [0.2, 0.25) is 0 Å². The number of H-pyrrole nitrogens is 1. The minimum Gasteiger partial charge on any atom is -0.341 e. The standard InChI is InChI=1S/C21H17N3/c1-2-24-19-10-6-3-7-15(19)16-13-14(11-12-20(16)24)21-22-17-8-4-5-9-18(17)23-21/h3-13H,2H2,1H3,(H,22,23). The largest absolute Gasteiger partial charge is 0.341 e. The minimum atomic E-state index is 0.923. The van der Waals surface area contributed by atoms with Crippen LogP contribution < -0.4 is 0 Å². The fraction of sp³-hybridized carbons (Fsp3) is 0.0952. The van der Waals surface area contributed by atoms with Crippen LogP contribution in [0, 0.1) is 0 Å². The average molecular weight is 311 g/mol. The number of rotatable bonds is 2. The van der Waals surface area contributed by atoms with E-state index in [1.807, 2.05) is 18.2 Å². The van der Waals surface area contributed by atoms with Gasteiger partial charge < -0.3 is 9.55 Å². The third kappa shape index (κ3) is 1.81. The van der Waals surface area contributed by atoms with E-state index in [2.05, 4.69) is 65.0 Å². The van der Waals surface area contributed by atoms with E-state index in [-0.39, 0.29) is 0 Å². The molecule has 3 aromatic carbocycles. The molecule has 0 amide bonds. The summed E-state index contributed by atoms with van der Waals surface area (Å²) in [5, 5.41) is 2.58. The highest BCUT2D eigenvalue weighted by Crippen LogP contribution is 2.32. The lowest BCUT2D eigenvalue weighted by molar-refractivity contribution is 0.827. The Bertz CT molecular complexity index is 1160. The number of nitrogens with zero attached hydrogens (tertiary/aromatic N) is 2. The van der Waals surface area contributed by atoms with Crippen LogP contribution in [0.25, 0.3) is 44.2 Å². The van der Waals surface area contributed by atoms with Crippen molar-refractivity contribution >= 4 is 32.8 Å². The van der Waals surface area contributed by atoms with Crippen LogP contribution in [0.1, 0.15) is 6.92 Å². The van der Waals surface area contributed by atoms with E-state index in [4.69, 9.17) is 4.98 Å². The molecule has 116 valence electrons. The molecule has 3 heteroatoms. The number of imidazole rings is 1. The van der Waals surface area contributed by atoms with E-state index in [0.717, 1.165) is 29.0 Å². The van der Waals surface area contributed by atoms with Gasteiger partial charge in [0.25, 0.3) is 0 Å². The molecule has 0 bridgehead atoms. The van der Waals surface area contributed by atoms with Gasteiger partial charge in [-0.15, -0.1) is 0 Å². The van der Waals surface area contributed by atoms with Crippen molar-refractivity contribution < 1.29 is 0 Å². The Balaban J connectivity index is 1.80. The summed E-state index contributed by atoms with van der Waals surface area (Å²) < 4.78 is 2.37. The van der Waals surface area contributed by atoms with Gasteiger partial charge in [-0.1, -0.05) is 30.3 Å². The van der Waals surface area contributed by atoms with Crippen molar-refractivity contribution in [3.63, 3.8) is 0 Å². The number of aromatic nitrogens is 3. The van der Waals surface area contributed by atoms with Crippen LogP contribution in [-0.2, 0) is 6.54 Å². The van der Waals surface area contributed by atoms with Gasteiger partial charge in [-0.05, 0) is 43.3 Å². The molecule has 0 fully saturated rings. The van der Waals surface area contributed by atoms with E-state index in [9.17, 15) is 0 Å². The summed E-state index contributed by atoms with van der Waals surface area (Å²) in [7, 11) is 0.